The lowest BCUT2D eigenvalue weighted by Gasteiger charge is -2.31. The molecular formula is C21H25N3O5. The molecule has 0 spiro atoms. The smallest absolute Gasteiger partial charge is 0.274 e. The molecule has 0 saturated carbocycles. The quantitative estimate of drug-likeness (QED) is 0.835. The summed E-state index contributed by atoms with van der Waals surface area (Å²) in [6.45, 7) is 7.84. The van der Waals surface area contributed by atoms with Crippen molar-refractivity contribution in [2.45, 2.75) is 39.8 Å². The second-order valence-electron chi connectivity index (χ2n) is 7.48. The number of anilines is 1. The minimum atomic E-state index is -0.477. The lowest BCUT2D eigenvalue weighted by molar-refractivity contribution is 0.0642. The maximum Gasteiger partial charge on any atom is 0.274 e. The Morgan fingerprint density at radius 3 is 2.34 bits per heavy atom. The van der Waals surface area contributed by atoms with Crippen LogP contribution in [0.2, 0.25) is 0 Å². The normalized spacial score (nSPS) is 12.4. The first-order valence-corrected chi connectivity index (χ1v) is 9.43. The van der Waals surface area contributed by atoms with Gasteiger partial charge in [-0.25, -0.2) is 0 Å². The average Bonchev–Trinajstić information content (AvgIpc) is 3.12. The number of nitrogens with one attached hydrogen (secondary N) is 1. The standard InChI is InChI=1S/C21H25N3O5/c1-12(2)24(13(3)4)20(26)15-8-16(21(27)23(5)10-15)22-19(25)14-6-7-17-18(9-14)29-11-28-17/h6-10,12-13H,11H2,1-5H3,(H,22,25). The van der Waals surface area contributed by atoms with Crippen LogP contribution in [0.5, 0.6) is 11.5 Å². The molecule has 1 N–H and O–H groups in total. The van der Waals surface area contributed by atoms with Crippen molar-refractivity contribution in [3.05, 3.63) is 51.9 Å². The molecule has 1 aliphatic heterocycles. The van der Waals surface area contributed by atoms with Crippen LogP contribution in [0.15, 0.2) is 35.3 Å². The Hall–Kier alpha value is -3.29. The van der Waals surface area contributed by atoms with E-state index in [9.17, 15) is 14.4 Å². The lowest BCUT2D eigenvalue weighted by atomic mass is 10.1. The summed E-state index contributed by atoms with van der Waals surface area (Å²) in [4.78, 5) is 39.9. The van der Waals surface area contributed by atoms with Crippen LogP contribution >= 0.6 is 0 Å². The van der Waals surface area contributed by atoms with Crippen molar-refractivity contribution in [1.29, 1.82) is 0 Å². The molecule has 1 aliphatic rings. The molecule has 8 nitrogen and oxygen atoms in total. The summed E-state index contributed by atoms with van der Waals surface area (Å²) < 4.78 is 11.8. The number of amides is 2. The zero-order chi connectivity index (χ0) is 21.3. The van der Waals surface area contributed by atoms with Crippen molar-refractivity contribution < 1.29 is 19.1 Å². The summed E-state index contributed by atoms with van der Waals surface area (Å²) in [5.74, 6) is 0.352. The van der Waals surface area contributed by atoms with E-state index in [1.807, 2.05) is 27.7 Å². The summed E-state index contributed by atoms with van der Waals surface area (Å²) in [5.41, 5.74) is 0.277. The zero-order valence-corrected chi connectivity index (χ0v) is 17.2. The van der Waals surface area contributed by atoms with E-state index in [4.69, 9.17) is 9.47 Å². The van der Waals surface area contributed by atoms with Gasteiger partial charge in [0.2, 0.25) is 6.79 Å². The molecule has 0 radical (unpaired) electrons. The minimum Gasteiger partial charge on any atom is -0.454 e. The molecule has 3 rings (SSSR count). The number of hydrogen-bond acceptors (Lipinski definition) is 5. The summed E-state index contributed by atoms with van der Waals surface area (Å²) in [6, 6.07) is 6.18. The van der Waals surface area contributed by atoms with Crippen LogP contribution < -0.4 is 20.3 Å². The number of aromatic nitrogens is 1. The number of carbonyl (C=O) groups excluding carboxylic acids is 2. The summed E-state index contributed by atoms with van der Waals surface area (Å²) in [7, 11) is 1.55. The van der Waals surface area contributed by atoms with Crippen molar-refractivity contribution in [2.24, 2.45) is 7.05 Å². The number of fused-ring (bicyclic) bond motifs is 1. The summed E-state index contributed by atoms with van der Waals surface area (Å²) >= 11 is 0. The van der Waals surface area contributed by atoms with Crippen LogP contribution in [0.1, 0.15) is 48.4 Å². The van der Waals surface area contributed by atoms with Crippen LogP contribution in [0.4, 0.5) is 5.69 Å². The molecule has 1 aromatic carbocycles. The van der Waals surface area contributed by atoms with E-state index in [2.05, 4.69) is 5.32 Å². The molecule has 0 bridgehead atoms. The van der Waals surface area contributed by atoms with Gasteiger partial charge in [-0.05, 0) is 52.0 Å². The molecule has 0 unspecified atom stereocenters. The molecule has 0 aliphatic carbocycles. The van der Waals surface area contributed by atoms with Gasteiger partial charge < -0.3 is 24.3 Å². The highest BCUT2D eigenvalue weighted by Gasteiger charge is 2.24. The van der Waals surface area contributed by atoms with Gasteiger partial charge >= 0.3 is 0 Å². The van der Waals surface area contributed by atoms with Gasteiger partial charge in [-0.1, -0.05) is 0 Å². The molecule has 154 valence electrons. The van der Waals surface area contributed by atoms with Gasteiger partial charge in [0.05, 0.1) is 5.56 Å². The fourth-order valence-electron chi connectivity index (χ4n) is 3.36. The fourth-order valence-corrected chi connectivity index (χ4v) is 3.36. The van der Waals surface area contributed by atoms with Crippen LogP contribution in [0, 0.1) is 0 Å². The van der Waals surface area contributed by atoms with E-state index in [-0.39, 0.29) is 30.5 Å². The molecule has 2 heterocycles. The highest BCUT2D eigenvalue weighted by molar-refractivity contribution is 6.05. The summed E-state index contributed by atoms with van der Waals surface area (Å²) in [5, 5.41) is 2.61. The van der Waals surface area contributed by atoms with E-state index >= 15 is 0 Å². The van der Waals surface area contributed by atoms with Gasteiger partial charge in [0.25, 0.3) is 17.4 Å². The van der Waals surface area contributed by atoms with Gasteiger partial charge in [-0.3, -0.25) is 14.4 Å². The Morgan fingerprint density at radius 2 is 1.69 bits per heavy atom. The molecule has 0 atom stereocenters. The van der Waals surface area contributed by atoms with Crippen molar-refractivity contribution in [2.75, 3.05) is 12.1 Å². The molecular weight excluding hydrogens is 374 g/mol. The SMILES string of the molecule is CC(C)N(C(=O)c1cc(NC(=O)c2ccc3c(c2)OCO3)c(=O)n(C)c1)C(C)C. The minimum absolute atomic E-state index is 0.00796. The second kappa shape index (κ2) is 7.98. The molecule has 0 fully saturated rings. The zero-order valence-electron chi connectivity index (χ0n) is 17.2. The Morgan fingerprint density at radius 1 is 1.03 bits per heavy atom. The number of carbonyl (C=O) groups is 2. The first-order valence-electron chi connectivity index (χ1n) is 9.43. The number of hydrogen-bond donors (Lipinski definition) is 1. The van der Waals surface area contributed by atoms with Gasteiger partial charge in [0.1, 0.15) is 5.69 Å². The average molecular weight is 399 g/mol. The molecule has 29 heavy (non-hydrogen) atoms. The Kier molecular flexibility index (Phi) is 5.63. The Balaban J connectivity index is 1.91. The molecule has 1 aromatic heterocycles. The van der Waals surface area contributed by atoms with E-state index < -0.39 is 11.5 Å². The summed E-state index contributed by atoms with van der Waals surface area (Å²) in [6.07, 6.45) is 1.48. The van der Waals surface area contributed by atoms with Gasteiger partial charge in [-0.2, -0.15) is 0 Å². The number of benzene rings is 1. The predicted octanol–water partition coefficient (Wildman–Crippen LogP) is 2.63. The Labute approximate surface area is 169 Å². The third-order valence-corrected chi connectivity index (χ3v) is 4.66. The van der Waals surface area contributed by atoms with E-state index in [1.54, 1.807) is 30.1 Å². The first kappa shape index (κ1) is 20.4. The molecule has 8 heteroatoms. The van der Waals surface area contributed by atoms with E-state index in [0.717, 1.165) is 0 Å². The number of pyridine rings is 1. The van der Waals surface area contributed by atoms with Crippen molar-refractivity contribution in [3.8, 4) is 11.5 Å². The van der Waals surface area contributed by atoms with Crippen molar-refractivity contribution in [1.82, 2.24) is 9.47 Å². The number of aryl methyl sites for hydroxylation is 1. The van der Waals surface area contributed by atoms with Gasteiger partial charge in [0, 0.05) is 30.9 Å². The van der Waals surface area contributed by atoms with Gasteiger partial charge in [0.15, 0.2) is 11.5 Å². The van der Waals surface area contributed by atoms with Crippen LogP contribution in [-0.2, 0) is 7.05 Å². The molecule has 2 amide bonds. The second-order valence-corrected chi connectivity index (χ2v) is 7.48. The Bertz CT molecular complexity index is 1000. The molecule has 0 saturated heterocycles. The molecule has 2 aromatic rings. The topological polar surface area (TPSA) is 89.9 Å². The van der Waals surface area contributed by atoms with E-state index in [0.29, 0.717) is 22.6 Å². The number of rotatable bonds is 5. The fraction of sp³-hybridized carbons (Fsp3) is 0.381. The van der Waals surface area contributed by atoms with Crippen LogP contribution in [-0.4, -0.2) is 40.2 Å². The van der Waals surface area contributed by atoms with Crippen LogP contribution in [0.25, 0.3) is 0 Å². The monoisotopic (exact) mass is 399 g/mol. The van der Waals surface area contributed by atoms with Crippen molar-refractivity contribution >= 4 is 17.5 Å². The highest BCUT2D eigenvalue weighted by Crippen LogP contribution is 2.32. The van der Waals surface area contributed by atoms with E-state index in [1.165, 1.54) is 16.8 Å². The predicted molar refractivity (Wildman–Crippen MR) is 109 cm³/mol. The maximum absolute atomic E-state index is 13.0. The maximum atomic E-state index is 13.0. The lowest BCUT2D eigenvalue weighted by Crippen LogP contribution is -2.42. The first-order chi connectivity index (χ1) is 13.7. The van der Waals surface area contributed by atoms with Crippen molar-refractivity contribution in [3.63, 3.8) is 0 Å². The van der Waals surface area contributed by atoms with Crippen LogP contribution in [0.3, 0.4) is 0 Å². The highest BCUT2D eigenvalue weighted by atomic mass is 16.7. The largest absolute Gasteiger partial charge is 0.454 e. The number of nitrogens with zero attached hydrogens (tertiary/aromatic N) is 2. The third-order valence-electron chi connectivity index (χ3n) is 4.66. The third kappa shape index (κ3) is 4.11. The van der Waals surface area contributed by atoms with Gasteiger partial charge in [-0.15, -0.1) is 0 Å². The number of ether oxygens (including phenoxy) is 2.